The lowest BCUT2D eigenvalue weighted by molar-refractivity contribution is 0.0540. The van der Waals surface area contributed by atoms with E-state index in [0.29, 0.717) is 0 Å². The summed E-state index contributed by atoms with van der Waals surface area (Å²) in [5.74, 6) is 10.5. The van der Waals surface area contributed by atoms with E-state index in [0.717, 1.165) is 72.7 Å². The summed E-state index contributed by atoms with van der Waals surface area (Å²) >= 11 is 3.79. The molecule has 1 atom stereocenters. The topological polar surface area (TPSA) is 41.5 Å². The molecule has 2 aliphatic heterocycles. The molecule has 3 nitrogen and oxygen atoms in total. The fourth-order valence-corrected chi connectivity index (χ4v) is 9.13. The number of rotatable bonds is 9. The van der Waals surface area contributed by atoms with E-state index < -0.39 is 9.68 Å². The lowest BCUT2D eigenvalue weighted by atomic mass is 9.78. The van der Waals surface area contributed by atoms with Crippen LogP contribution in [0.3, 0.4) is 0 Å². The Morgan fingerprint density at radius 1 is 0.895 bits per heavy atom. The highest BCUT2D eigenvalue weighted by atomic mass is 32.2. The zero-order valence-electron chi connectivity index (χ0n) is 22.1. The largest absolute Gasteiger partial charge is 0.457 e. The van der Waals surface area contributed by atoms with Crippen LogP contribution in [-0.2, 0) is 12.0 Å². The molecule has 3 aromatic carbocycles. The van der Waals surface area contributed by atoms with Crippen LogP contribution in [0.4, 0.5) is 0 Å². The summed E-state index contributed by atoms with van der Waals surface area (Å²) in [6, 6.07) is 26.9. The number of fused-ring (bicyclic) bond motifs is 2. The molecule has 5 heteroatoms. The second-order valence-electron chi connectivity index (χ2n) is 10.0. The van der Waals surface area contributed by atoms with E-state index >= 15 is 0 Å². The van der Waals surface area contributed by atoms with Gasteiger partial charge in [-0.1, -0.05) is 79.1 Å². The molecule has 198 valence electrons. The van der Waals surface area contributed by atoms with Crippen molar-refractivity contribution in [3.63, 3.8) is 0 Å². The van der Waals surface area contributed by atoms with Crippen LogP contribution in [-0.4, -0.2) is 33.8 Å². The third-order valence-corrected chi connectivity index (χ3v) is 11.2. The fourth-order valence-electron chi connectivity index (χ4n) is 5.53. The average molecular weight is 544 g/mol. The van der Waals surface area contributed by atoms with Gasteiger partial charge in [0, 0.05) is 17.5 Å². The second-order valence-corrected chi connectivity index (χ2v) is 13.0. The predicted octanol–water partition coefficient (Wildman–Crippen LogP) is 7.38. The molecule has 0 aliphatic carbocycles. The van der Waals surface area contributed by atoms with Crippen LogP contribution in [0.15, 0.2) is 78.9 Å². The number of nitrogens with one attached hydrogen (secondary N) is 1. The first-order valence-electron chi connectivity index (χ1n) is 13.7. The summed E-state index contributed by atoms with van der Waals surface area (Å²) in [5, 5.41) is 16.2. The zero-order chi connectivity index (χ0) is 26.3. The minimum atomic E-state index is -1.16. The molecule has 38 heavy (non-hydrogen) atoms. The Hall–Kier alpha value is -2.36. The Kier molecular flexibility index (Phi) is 9.07. The van der Waals surface area contributed by atoms with Crippen molar-refractivity contribution in [1.29, 1.82) is 0 Å². The number of unbranched alkanes of at least 4 members (excludes halogenated alkanes) is 1. The molecule has 0 saturated carbocycles. The van der Waals surface area contributed by atoms with Gasteiger partial charge in [-0.2, -0.15) is 0 Å². The van der Waals surface area contributed by atoms with Gasteiger partial charge in [0.05, 0.1) is 10.1 Å². The van der Waals surface area contributed by atoms with Crippen LogP contribution in [0.5, 0.6) is 11.5 Å². The van der Waals surface area contributed by atoms with E-state index in [1.165, 1.54) is 12.0 Å². The van der Waals surface area contributed by atoms with Crippen LogP contribution < -0.4 is 10.1 Å². The van der Waals surface area contributed by atoms with Gasteiger partial charge in [-0.05, 0) is 68.4 Å². The van der Waals surface area contributed by atoms with Gasteiger partial charge < -0.3 is 15.2 Å². The van der Waals surface area contributed by atoms with Gasteiger partial charge >= 0.3 is 0 Å². The number of benzene rings is 3. The molecule has 0 aromatic heterocycles. The van der Waals surface area contributed by atoms with E-state index in [4.69, 9.17) is 4.74 Å². The van der Waals surface area contributed by atoms with E-state index in [1.54, 1.807) is 0 Å². The summed E-state index contributed by atoms with van der Waals surface area (Å²) in [4.78, 5) is 0. The van der Waals surface area contributed by atoms with Gasteiger partial charge in [-0.25, -0.2) is 0 Å². The highest BCUT2D eigenvalue weighted by Gasteiger charge is 2.57. The number of hydrogen-bond acceptors (Lipinski definition) is 5. The van der Waals surface area contributed by atoms with Crippen LogP contribution >= 0.6 is 23.5 Å². The average Bonchev–Trinajstić information content (AvgIpc) is 2.97. The Morgan fingerprint density at radius 3 is 2.18 bits per heavy atom. The van der Waals surface area contributed by atoms with Crippen LogP contribution in [0.2, 0.25) is 0 Å². The van der Waals surface area contributed by atoms with E-state index in [2.05, 4.69) is 47.5 Å². The maximum atomic E-state index is 12.8. The molecule has 2 N–H and O–H groups in total. The number of para-hydroxylation sites is 2. The summed E-state index contributed by atoms with van der Waals surface area (Å²) in [6.07, 6.45) is 7.20. The van der Waals surface area contributed by atoms with Gasteiger partial charge in [0.15, 0.2) is 0 Å². The van der Waals surface area contributed by atoms with Crippen molar-refractivity contribution in [3.05, 3.63) is 95.6 Å². The number of aliphatic hydroxyl groups is 1. The lowest BCUT2D eigenvalue weighted by Crippen LogP contribution is -2.51. The van der Waals surface area contributed by atoms with Crippen molar-refractivity contribution >= 4 is 23.5 Å². The van der Waals surface area contributed by atoms with Crippen LogP contribution in [0, 0.1) is 11.8 Å². The highest BCUT2D eigenvalue weighted by molar-refractivity contribution is 8.18. The van der Waals surface area contributed by atoms with Crippen molar-refractivity contribution in [2.45, 2.75) is 60.7 Å². The summed E-state index contributed by atoms with van der Waals surface area (Å²) in [7, 11) is 2.00. The number of thioether (sulfide) groups is 2. The molecule has 0 spiro atoms. The van der Waals surface area contributed by atoms with E-state index in [9.17, 15) is 5.11 Å². The van der Waals surface area contributed by atoms with Gasteiger partial charge in [0.1, 0.15) is 17.1 Å². The molecule has 2 aliphatic rings. The summed E-state index contributed by atoms with van der Waals surface area (Å²) in [5.41, 5.74) is 1.97. The molecule has 1 unspecified atom stereocenters. The number of hydrogen-bond donors (Lipinski definition) is 2. The SMILES string of the molecule is CNC(C#CCCC1(C2(O)c3ccccc3Oc3ccccc32)SCCCS1)CCCCc1ccccc1. The van der Waals surface area contributed by atoms with Crippen molar-refractivity contribution in [2.24, 2.45) is 0 Å². The lowest BCUT2D eigenvalue weighted by Gasteiger charge is -2.50. The molecular formula is C33H37NO2S2. The first-order valence-corrected chi connectivity index (χ1v) is 15.7. The third kappa shape index (κ3) is 5.65. The molecule has 5 rings (SSSR count). The van der Waals surface area contributed by atoms with Gasteiger partial charge in [0.25, 0.3) is 0 Å². The van der Waals surface area contributed by atoms with Crippen molar-refractivity contribution in [2.75, 3.05) is 18.6 Å². The predicted molar refractivity (Wildman–Crippen MR) is 162 cm³/mol. The third-order valence-electron chi connectivity index (χ3n) is 7.54. The maximum Gasteiger partial charge on any atom is 0.145 e. The van der Waals surface area contributed by atoms with Crippen LogP contribution in [0.25, 0.3) is 0 Å². The number of ether oxygens (including phenoxy) is 1. The molecule has 2 heterocycles. The maximum absolute atomic E-state index is 12.8. The van der Waals surface area contributed by atoms with Gasteiger partial charge in [-0.15, -0.1) is 29.4 Å². The van der Waals surface area contributed by atoms with E-state index in [1.807, 2.05) is 79.1 Å². The Bertz CT molecular complexity index is 1210. The van der Waals surface area contributed by atoms with Gasteiger partial charge in [-0.3, -0.25) is 0 Å². The number of aryl methyl sites for hydroxylation is 1. The quantitative estimate of drug-likeness (QED) is 0.218. The molecule has 3 aromatic rings. The summed E-state index contributed by atoms with van der Waals surface area (Å²) in [6.45, 7) is 0. The zero-order valence-corrected chi connectivity index (χ0v) is 23.8. The first kappa shape index (κ1) is 27.2. The highest BCUT2D eigenvalue weighted by Crippen LogP contribution is 2.62. The molecule has 1 saturated heterocycles. The standard InChI is InChI=1S/C33H37NO2S2/c1-34-27(17-6-5-16-26-14-3-2-4-15-26)18-11-12-23-32(37-24-13-25-38-32)33(35)28-19-7-9-21-30(28)36-31-22-10-8-20-29(31)33/h2-4,7-10,14-15,19-22,27,34-35H,5-6,12-13,16-17,23-25H2,1H3. The molecule has 0 radical (unpaired) electrons. The molecule has 0 amide bonds. The van der Waals surface area contributed by atoms with Crippen molar-refractivity contribution in [1.82, 2.24) is 5.32 Å². The monoisotopic (exact) mass is 543 g/mol. The first-order chi connectivity index (χ1) is 18.7. The minimum absolute atomic E-state index is 0.195. The van der Waals surface area contributed by atoms with Gasteiger partial charge in [0.2, 0.25) is 0 Å². The van der Waals surface area contributed by atoms with Crippen LogP contribution in [0.1, 0.15) is 55.2 Å². The Labute approximate surface area is 236 Å². The molecule has 0 bridgehead atoms. The Morgan fingerprint density at radius 2 is 1.53 bits per heavy atom. The smallest absolute Gasteiger partial charge is 0.145 e. The van der Waals surface area contributed by atoms with E-state index in [-0.39, 0.29) is 6.04 Å². The molecule has 1 fully saturated rings. The normalized spacial score (nSPS) is 17.7. The Balaban J connectivity index is 1.31. The fraction of sp³-hybridized carbons (Fsp3) is 0.394. The second kappa shape index (κ2) is 12.7. The van der Waals surface area contributed by atoms with Crippen molar-refractivity contribution in [3.8, 4) is 23.3 Å². The van der Waals surface area contributed by atoms with Crippen molar-refractivity contribution < 1.29 is 9.84 Å². The molecular weight excluding hydrogens is 507 g/mol. The minimum Gasteiger partial charge on any atom is -0.457 e. The summed E-state index contributed by atoms with van der Waals surface area (Å²) < 4.78 is 5.81.